The molecule has 0 aliphatic carbocycles. The third kappa shape index (κ3) is 6.70. The lowest BCUT2D eigenvalue weighted by Gasteiger charge is -2.18. The van der Waals surface area contributed by atoms with E-state index < -0.39 is 0 Å². The number of anilines is 3. The Morgan fingerprint density at radius 2 is 1.47 bits per heavy atom. The standard InChI is InChI=1S/C25H26N4O3/c1-18(30)27-22-13-11-21(12-14-22)26-16-24(31)28-23-10-6-9-20(15-23)25(32)29(2)17-19-7-4-3-5-8-19/h3-15,26H,16-17H2,1-2H3,(H,27,30)(H,28,31). The summed E-state index contributed by atoms with van der Waals surface area (Å²) in [5, 5.41) is 8.52. The van der Waals surface area contributed by atoms with E-state index in [1.54, 1.807) is 60.5 Å². The van der Waals surface area contributed by atoms with Crippen LogP contribution >= 0.6 is 0 Å². The van der Waals surface area contributed by atoms with Crippen LogP contribution in [-0.2, 0) is 16.1 Å². The van der Waals surface area contributed by atoms with E-state index in [1.165, 1.54) is 6.92 Å². The molecule has 3 aromatic carbocycles. The lowest BCUT2D eigenvalue weighted by molar-refractivity contribution is -0.115. The molecular weight excluding hydrogens is 404 g/mol. The topological polar surface area (TPSA) is 90.5 Å². The van der Waals surface area contributed by atoms with Gasteiger partial charge in [0.2, 0.25) is 11.8 Å². The maximum Gasteiger partial charge on any atom is 0.253 e. The maximum atomic E-state index is 12.8. The number of benzene rings is 3. The Bertz CT molecular complexity index is 1080. The fraction of sp³-hybridized carbons (Fsp3) is 0.160. The highest BCUT2D eigenvalue weighted by Crippen LogP contribution is 2.15. The van der Waals surface area contributed by atoms with Gasteiger partial charge in [0.1, 0.15) is 0 Å². The summed E-state index contributed by atoms with van der Waals surface area (Å²) in [7, 11) is 1.75. The molecule has 0 radical (unpaired) electrons. The van der Waals surface area contributed by atoms with Crippen LogP contribution in [-0.4, -0.2) is 36.2 Å². The summed E-state index contributed by atoms with van der Waals surface area (Å²) in [5.74, 6) is -0.502. The van der Waals surface area contributed by atoms with Gasteiger partial charge in [0.15, 0.2) is 0 Å². The zero-order valence-electron chi connectivity index (χ0n) is 18.1. The maximum absolute atomic E-state index is 12.8. The van der Waals surface area contributed by atoms with E-state index in [9.17, 15) is 14.4 Å². The Labute approximate surface area is 187 Å². The van der Waals surface area contributed by atoms with E-state index in [2.05, 4.69) is 16.0 Å². The lowest BCUT2D eigenvalue weighted by Crippen LogP contribution is -2.26. The first-order valence-corrected chi connectivity index (χ1v) is 10.2. The Morgan fingerprint density at radius 3 is 2.16 bits per heavy atom. The smallest absolute Gasteiger partial charge is 0.253 e. The van der Waals surface area contributed by atoms with Crippen LogP contribution in [0.1, 0.15) is 22.8 Å². The summed E-state index contributed by atoms with van der Waals surface area (Å²) in [4.78, 5) is 37.8. The normalized spacial score (nSPS) is 10.2. The van der Waals surface area contributed by atoms with Crippen molar-refractivity contribution in [3.05, 3.63) is 90.0 Å². The Morgan fingerprint density at radius 1 is 0.781 bits per heavy atom. The highest BCUT2D eigenvalue weighted by molar-refractivity contribution is 5.98. The van der Waals surface area contributed by atoms with Crippen LogP contribution < -0.4 is 16.0 Å². The number of carbonyl (C=O) groups excluding carboxylic acids is 3. The van der Waals surface area contributed by atoms with Gasteiger partial charge in [0.25, 0.3) is 5.91 Å². The summed E-state index contributed by atoms with van der Waals surface area (Å²) in [6, 6.07) is 23.7. The second kappa shape index (κ2) is 10.8. The van der Waals surface area contributed by atoms with Gasteiger partial charge in [-0.05, 0) is 48.0 Å². The molecule has 0 unspecified atom stereocenters. The number of hydrogen-bond donors (Lipinski definition) is 3. The number of rotatable bonds is 8. The average Bonchev–Trinajstić information content (AvgIpc) is 2.78. The van der Waals surface area contributed by atoms with Gasteiger partial charge in [-0.2, -0.15) is 0 Å². The molecule has 0 bridgehead atoms. The van der Waals surface area contributed by atoms with Crippen molar-refractivity contribution in [1.82, 2.24) is 4.90 Å². The van der Waals surface area contributed by atoms with Gasteiger partial charge in [-0.15, -0.1) is 0 Å². The summed E-state index contributed by atoms with van der Waals surface area (Å²) >= 11 is 0. The van der Waals surface area contributed by atoms with E-state index in [1.807, 2.05) is 30.3 Å². The fourth-order valence-corrected chi connectivity index (χ4v) is 3.14. The molecule has 3 rings (SSSR count). The molecule has 7 heteroatoms. The van der Waals surface area contributed by atoms with Gasteiger partial charge in [0, 0.05) is 43.1 Å². The molecule has 3 aromatic rings. The molecule has 0 aliphatic heterocycles. The van der Waals surface area contributed by atoms with Gasteiger partial charge in [-0.25, -0.2) is 0 Å². The van der Waals surface area contributed by atoms with Crippen molar-refractivity contribution in [2.75, 3.05) is 29.5 Å². The minimum Gasteiger partial charge on any atom is -0.376 e. The second-order valence-electron chi connectivity index (χ2n) is 7.39. The highest BCUT2D eigenvalue weighted by Gasteiger charge is 2.13. The molecule has 0 heterocycles. The number of nitrogens with one attached hydrogen (secondary N) is 3. The van der Waals surface area contributed by atoms with Crippen molar-refractivity contribution in [3.63, 3.8) is 0 Å². The van der Waals surface area contributed by atoms with Crippen LogP contribution in [0.25, 0.3) is 0 Å². The molecular formula is C25H26N4O3. The molecule has 3 amide bonds. The van der Waals surface area contributed by atoms with Gasteiger partial charge in [-0.1, -0.05) is 36.4 Å². The van der Waals surface area contributed by atoms with E-state index in [4.69, 9.17) is 0 Å². The van der Waals surface area contributed by atoms with Crippen molar-refractivity contribution in [2.24, 2.45) is 0 Å². The largest absolute Gasteiger partial charge is 0.376 e. The SMILES string of the molecule is CC(=O)Nc1ccc(NCC(=O)Nc2cccc(C(=O)N(C)Cc3ccccc3)c2)cc1. The van der Waals surface area contributed by atoms with E-state index in [-0.39, 0.29) is 24.3 Å². The first-order chi connectivity index (χ1) is 15.4. The predicted octanol–water partition coefficient (Wildman–Crippen LogP) is 3.97. The number of hydrogen-bond acceptors (Lipinski definition) is 4. The van der Waals surface area contributed by atoms with Crippen molar-refractivity contribution in [2.45, 2.75) is 13.5 Å². The van der Waals surface area contributed by atoms with Crippen molar-refractivity contribution in [3.8, 4) is 0 Å². The molecule has 7 nitrogen and oxygen atoms in total. The minimum atomic E-state index is -0.238. The molecule has 3 N–H and O–H groups in total. The summed E-state index contributed by atoms with van der Waals surface area (Å²) in [6.45, 7) is 2.01. The van der Waals surface area contributed by atoms with E-state index in [0.717, 1.165) is 11.3 Å². The Balaban J connectivity index is 1.54. The molecule has 0 aromatic heterocycles. The molecule has 0 fully saturated rings. The first-order valence-electron chi connectivity index (χ1n) is 10.2. The Kier molecular flexibility index (Phi) is 7.59. The number of amides is 3. The molecule has 0 saturated heterocycles. The summed E-state index contributed by atoms with van der Waals surface area (Å²) in [6.07, 6.45) is 0. The lowest BCUT2D eigenvalue weighted by atomic mass is 10.1. The molecule has 0 atom stereocenters. The molecule has 0 spiro atoms. The molecule has 0 aliphatic rings. The minimum absolute atomic E-state index is 0.0611. The molecule has 0 saturated carbocycles. The second-order valence-corrected chi connectivity index (χ2v) is 7.39. The van der Waals surface area contributed by atoms with Crippen molar-refractivity contribution in [1.29, 1.82) is 0 Å². The first kappa shape index (κ1) is 22.6. The summed E-state index contributed by atoms with van der Waals surface area (Å²) in [5.41, 5.74) is 3.54. The quantitative estimate of drug-likeness (QED) is 0.504. The van der Waals surface area contributed by atoms with Crippen LogP contribution in [0.3, 0.4) is 0 Å². The van der Waals surface area contributed by atoms with E-state index in [0.29, 0.717) is 23.5 Å². The van der Waals surface area contributed by atoms with Gasteiger partial charge in [-0.3, -0.25) is 14.4 Å². The molecule has 32 heavy (non-hydrogen) atoms. The summed E-state index contributed by atoms with van der Waals surface area (Å²) < 4.78 is 0. The fourth-order valence-electron chi connectivity index (χ4n) is 3.14. The number of nitrogens with zero attached hydrogens (tertiary/aromatic N) is 1. The van der Waals surface area contributed by atoms with Crippen LogP contribution in [0.15, 0.2) is 78.9 Å². The van der Waals surface area contributed by atoms with Gasteiger partial charge in [0.05, 0.1) is 6.54 Å². The van der Waals surface area contributed by atoms with Gasteiger partial charge >= 0.3 is 0 Å². The van der Waals surface area contributed by atoms with Crippen molar-refractivity contribution < 1.29 is 14.4 Å². The van der Waals surface area contributed by atoms with Gasteiger partial charge < -0.3 is 20.9 Å². The highest BCUT2D eigenvalue weighted by atomic mass is 16.2. The average molecular weight is 431 g/mol. The Hall–Kier alpha value is -4.13. The predicted molar refractivity (Wildman–Crippen MR) is 127 cm³/mol. The zero-order valence-corrected chi connectivity index (χ0v) is 18.1. The number of carbonyl (C=O) groups is 3. The monoisotopic (exact) mass is 430 g/mol. The van der Waals surface area contributed by atoms with Crippen LogP contribution in [0.4, 0.5) is 17.1 Å². The molecule has 164 valence electrons. The van der Waals surface area contributed by atoms with Crippen LogP contribution in [0.2, 0.25) is 0 Å². The van der Waals surface area contributed by atoms with Crippen molar-refractivity contribution >= 4 is 34.8 Å². The third-order valence-electron chi connectivity index (χ3n) is 4.66. The van der Waals surface area contributed by atoms with E-state index >= 15 is 0 Å². The van der Waals surface area contributed by atoms with Crippen LogP contribution in [0.5, 0.6) is 0 Å². The third-order valence-corrected chi connectivity index (χ3v) is 4.66. The zero-order chi connectivity index (χ0) is 22.9. The van der Waals surface area contributed by atoms with Crippen LogP contribution in [0, 0.1) is 0 Å².